The smallest absolute Gasteiger partial charge is 0.160 e. The third-order valence-electron chi connectivity index (χ3n) is 12.5. The lowest BCUT2D eigenvalue weighted by atomic mass is 9.66. The van der Waals surface area contributed by atoms with Crippen molar-refractivity contribution in [1.29, 1.82) is 0 Å². The molecule has 290 valence electrons. The van der Waals surface area contributed by atoms with Crippen LogP contribution in [0.25, 0.3) is 78.4 Å². The number of rotatable bonds is 6. The van der Waals surface area contributed by atoms with Crippen molar-refractivity contribution in [2.45, 2.75) is 5.41 Å². The van der Waals surface area contributed by atoms with E-state index in [-0.39, 0.29) is 0 Å². The molecule has 4 nitrogen and oxygen atoms in total. The highest BCUT2D eigenvalue weighted by atomic mass is 16.5. The quantitative estimate of drug-likeness (QED) is 0.168. The number of hydrogen-bond acceptors (Lipinski definition) is 4. The maximum Gasteiger partial charge on any atom is 0.160 e. The lowest BCUT2D eigenvalue weighted by molar-refractivity contribution is 0.436. The van der Waals surface area contributed by atoms with Crippen LogP contribution < -0.4 is 4.74 Å². The first kappa shape index (κ1) is 35.7. The van der Waals surface area contributed by atoms with Gasteiger partial charge in [0.15, 0.2) is 5.82 Å². The van der Waals surface area contributed by atoms with E-state index < -0.39 is 5.41 Å². The number of aromatic nitrogens is 3. The normalized spacial score (nSPS) is 12.8. The van der Waals surface area contributed by atoms with Crippen molar-refractivity contribution in [3.8, 4) is 89.9 Å². The van der Waals surface area contributed by atoms with Crippen LogP contribution in [-0.2, 0) is 5.41 Å². The molecule has 0 saturated carbocycles. The van der Waals surface area contributed by atoms with Gasteiger partial charge in [-0.3, -0.25) is 4.98 Å². The van der Waals surface area contributed by atoms with Gasteiger partial charge in [0.2, 0.25) is 0 Å². The second-order valence-electron chi connectivity index (χ2n) is 16.0. The molecule has 0 radical (unpaired) electrons. The van der Waals surface area contributed by atoms with Gasteiger partial charge in [0.1, 0.15) is 11.5 Å². The summed E-state index contributed by atoms with van der Waals surface area (Å²) in [4.78, 5) is 14.5. The molecule has 2 aliphatic rings. The summed E-state index contributed by atoms with van der Waals surface area (Å²) in [6.07, 6.45) is 3.77. The average Bonchev–Trinajstić information content (AvgIpc) is 3.64. The van der Waals surface area contributed by atoms with Crippen molar-refractivity contribution in [3.05, 3.63) is 247 Å². The molecule has 2 aromatic heterocycles. The van der Waals surface area contributed by atoms with Gasteiger partial charge >= 0.3 is 0 Å². The second-order valence-corrected chi connectivity index (χ2v) is 16.0. The van der Waals surface area contributed by atoms with Crippen LogP contribution in [0.3, 0.4) is 0 Å². The topological polar surface area (TPSA) is 47.9 Å². The third-order valence-corrected chi connectivity index (χ3v) is 12.5. The summed E-state index contributed by atoms with van der Waals surface area (Å²) < 4.78 is 6.59. The van der Waals surface area contributed by atoms with E-state index in [9.17, 15) is 0 Å². The molecule has 1 spiro atoms. The Morgan fingerprint density at radius 1 is 0.323 bits per heavy atom. The fourth-order valence-electron chi connectivity index (χ4n) is 9.58. The SMILES string of the molecule is c1ccc(-c2cc(-c3cccc(-c4ccc(-c5ccc6c(c5)-c5cc(-c7cccnc7)ccc5C65c6ccccc6Oc6ccccc65)cc4)c3)nc(-c3ccccc3)n2)cc1. The fourth-order valence-corrected chi connectivity index (χ4v) is 9.58. The summed E-state index contributed by atoms with van der Waals surface area (Å²) >= 11 is 0. The fraction of sp³-hybridized carbons (Fsp3) is 0.0172. The Labute approximate surface area is 360 Å². The molecule has 10 aromatic rings. The number of hydrogen-bond donors (Lipinski definition) is 0. The predicted molar refractivity (Wildman–Crippen MR) is 250 cm³/mol. The van der Waals surface area contributed by atoms with Crippen LogP contribution in [0.5, 0.6) is 11.5 Å². The van der Waals surface area contributed by atoms with E-state index in [1.807, 2.05) is 54.9 Å². The largest absolute Gasteiger partial charge is 0.457 e. The van der Waals surface area contributed by atoms with E-state index in [0.29, 0.717) is 5.82 Å². The summed E-state index contributed by atoms with van der Waals surface area (Å²) in [7, 11) is 0. The molecule has 0 unspecified atom stereocenters. The summed E-state index contributed by atoms with van der Waals surface area (Å²) in [6.45, 7) is 0. The molecule has 0 fully saturated rings. The molecular weight excluding hydrogens is 755 g/mol. The standard InChI is InChI=1S/C58H37N3O/c1-3-13-40(14-4-1)53-36-54(61-57(60-53)41-15-5-2-6-16-41)45-18-11-17-42(33-45)38-24-26-39(27-25-38)43-28-30-49-47(34-43)48-35-44(46-19-12-32-59-37-46)29-31-50(48)58(49)51-20-7-9-22-55(51)62-56-23-10-8-21-52(56)58/h1-37H. The van der Waals surface area contributed by atoms with Crippen molar-refractivity contribution in [2.75, 3.05) is 0 Å². The molecule has 0 amide bonds. The summed E-state index contributed by atoms with van der Waals surface area (Å²) in [5, 5.41) is 0. The van der Waals surface area contributed by atoms with Crippen molar-refractivity contribution in [1.82, 2.24) is 15.0 Å². The number of ether oxygens (including phenoxy) is 1. The minimum absolute atomic E-state index is 0.537. The van der Waals surface area contributed by atoms with Crippen molar-refractivity contribution in [2.24, 2.45) is 0 Å². The Kier molecular flexibility index (Phi) is 8.36. The van der Waals surface area contributed by atoms with Gasteiger partial charge < -0.3 is 4.74 Å². The number of para-hydroxylation sites is 2. The maximum absolute atomic E-state index is 6.59. The zero-order valence-corrected chi connectivity index (χ0v) is 33.6. The predicted octanol–water partition coefficient (Wildman–Crippen LogP) is 14.3. The van der Waals surface area contributed by atoms with E-state index in [0.717, 1.165) is 84.1 Å². The van der Waals surface area contributed by atoms with Gasteiger partial charge in [0.05, 0.1) is 16.8 Å². The minimum Gasteiger partial charge on any atom is -0.457 e. The van der Waals surface area contributed by atoms with Crippen LogP contribution in [0.1, 0.15) is 22.3 Å². The first-order valence-electron chi connectivity index (χ1n) is 21.0. The average molecular weight is 792 g/mol. The Balaban J connectivity index is 0.948. The molecule has 1 aliphatic carbocycles. The molecule has 0 atom stereocenters. The third kappa shape index (κ3) is 5.80. The van der Waals surface area contributed by atoms with Crippen LogP contribution in [-0.4, -0.2) is 15.0 Å². The van der Waals surface area contributed by atoms with Crippen molar-refractivity contribution in [3.63, 3.8) is 0 Å². The maximum atomic E-state index is 6.59. The van der Waals surface area contributed by atoms with E-state index in [4.69, 9.17) is 14.7 Å². The molecule has 0 bridgehead atoms. The number of fused-ring (bicyclic) bond motifs is 9. The Morgan fingerprint density at radius 2 is 0.806 bits per heavy atom. The molecule has 0 saturated heterocycles. The lowest BCUT2D eigenvalue weighted by Gasteiger charge is -2.39. The Hall–Kier alpha value is -8.21. The molecule has 0 N–H and O–H groups in total. The molecule has 4 heteroatoms. The molecule has 3 heterocycles. The van der Waals surface area contributed by atoms with Crippen LogP contribution in [0.2, 0.25) is 0 Å². The molecule has 62 heavy (non-hydrogen) atoms. The number of benzene rings is 8. The highest BCUT2D eigenvalue weighted by molar-refractivity contribution is 5.92. The van der Waals surface area contributed by atoms with E-state index in [2.05, 4.69) is 175 Å². The van der Waals surface area contributed by atoms with Crippen LogP contribution in [0.4, 0.5) is 0 Å². The van der Waals surface area contributed by atoms with Crippen LogP contribution in [0.15, 0.2) is 225 Å². The highest BCUT2D eigenvalue weighted by Gasteiger charge is 2.51. The summed E-state index contributed by atoms with van der Waals surface area (Å²) in [6, 6.07) is 75.3. The van der Waals surface area contributed by atoms with Gasteiger partial charge in [-0.1, -0.05) is 170 Å². The summed E-state index contributed by atoms with van der Waals surface area (Å²) in [5.41, 5.74) is 18.4. The highest BCUT2D eigenvalue weighted by Crippen LogP contribution is 2.62. The minimum atomic E-state index is -0.537. The van der Waals surface area contributed by atoms with Gasteiger partial charge in [0, 0.05) is 45.8 Å². The van der Waals surface area contributed by atoms with E-state index in [1.54, 1.807) is 0 Å². The van der Waals surface area contributed by atoms with E-state index in [1.165, 1.54) is 22.3 Å². The first-order valence-corrected chi connectivity index (χ1v) is 21.0. The monoisotopic (exact) mass is 791 g/mol. The van der Waals surface area contributed by atoms with Crippen molar-refractivity contribution >= 4 is 0 Å². The lowest BCUT2D eigenvalue weighted by Crippen LogP contribution is -2.32. The number of pyridine rings is 1. The van der Waals surface area contributed by atoms with E-state index >= 15 is 0 Å². The number of nitrogens with zero attached hydrogens (tertiary/aromatic N) is 3. The zero-order chi connectivity index (χ0) is 41.0. The molecular formula is C58H37N3O. The second kappa shape index (κ2) is 14.5. The van der Waals surface area contributed by atoms with Crippen molar-refractivity contribution < 1.29 is 4.74 Å². The summed E-state index contributed by atoms with van der Waals surface area (Å²) in [5.74, 6) is 2.48. The molecule has 8 aromatic carbocycles. The van der Waals surface area contributed by atoms with Gasteiger partial charge in [-0.05, 0) is 92.5 Å². The molecule has 1 aliphatic heterocycles. The first-order chi connectivity index (χ1) is 30.7. The van der Waals surface area contributed by atoms with Gasteiger partial charge in [-0.15, -0.1) is 0 Å². The Bertz CT molecular complexity index is 3210. The van der Waals surface area contributed by atoms with Gasteiger partial charge in [-0.25, -0.2) is 9.97 Å². The van der Waals surface area contributed by atoms with Gasteiger partial charge in [-0.2, -0.15) is 0 Å². The molecule has 12 rings (SSSR count). The van der Waals surface area contributed by atoms with Gasteiger partial charge in [0.25, 0.3) is 0 Å². The van der Waals surface area contributed by atoms with Crippen LogP contribution >= 0.6 is 0 Å². The Morgan fingerprint density at radius 3 is 1.42 bits per heavy atom. The van der Waals surface area contributed by atoms with Crippen LogP contribution in [0, 0.1) is 0 Å². The zero-order valence-electron chi connectivity index (χ0n) is 33.6.